The summed E-state index contributed by atoms with van der Waals surface area (Å²) in [6.45, 7) is 0.875. The van der Waals surface area contributed by atoms with Gasteiger partial charge in [0.15, 0.2) is 0 Å². The number of hydrogen-bond donors (Lipinski definition) is 2. The van der Waals surface area contributed by atoms with Gasteiger partial charge in [0.25, 0.3) is 5.69 Å². The maximum atomic E-state index is 10.9. The normalized spacial score (nSPS) is 9.94. The largest absolute Gasteiger partial charge is 0.359 e. The number of nitro groups is 1. The van der Waals surface area contributed by atoms with Crippen molar-refractivity contribution in [3.63, 3.8) is 0 Å². The molecule has 0 saturated carbocycles. The Morgan fingerprint density at radius 1 is 1.41 bits per heavy atom. The fourth-order valence-corrected chi connectivity index (χ4v) is 1.39. The minimum absolute atomic E-state index is 0.0555. The van der Waals surface area contributed by atoms with Crippen LogP contribution in [0.15, 0.2) is 24.3 Å². The SMILES string of the molecule is CNC(=O)CCNCc1ccccc1[N+](=O)[O-]. The van der Waals surface area contributed by atoms with Crippen LogP contribution in [-0.4, -0.2) is 24.4 Å². The van der Waals surface area contributed by atoms with E-state index >= 15 is 0 Å². The molecule has 0 heterocycles. The number of nitro benzene ring substituents is 1. The predicted octanol–water partition coefficient (Wildman–Crippen LogP) is 0.820. The second kappa shape index (κ2) is 6.59. The van der Waals surface area contributed by atoms with Crippen molar-refractivity contribution in [3.05, 3.63) is 39.9 Å². The summed E-state index contributed by atoms with van der Waals surface area (Å²) in [5.41, 5.74) is 0.717. The zero-order valence-electron chi connectivity index (χ0n) is 9.60. The van der Waals surface area contributed by atoms with E-state index < -0.39 is 4.92 Å². The lowest BCUT2D eigenvalue weighted by Gasteiger charge is -2.05. The number of nitrogens with one attached hydrogen (secondary N) is 2. The van der Waals surface area contributed by atoms with Crippen molar-refractivity contribution in [3.8, 4) is 0 Å². The number of para-hydroxylation sites is 1. The van der Waals surface area contributed by atoms with E-state index in [9.17, 15) is 14.9 Å². The van der Waals surface area contributed by atoms with Crippen LogP contribution in [-0.2, 0) is 11.3 Å². The van der Waals surface area contributed by atoms with Crippen LogP contribution in [0.25, 0.3) is 0 Å². The first-order valence-electron chi connectivity index (χ1n) is 5.28. The van der Waals surface area contributed by atoms with Gasteiger partial charge < -0.3 is 10.6 Å². The molecule has 0 bridgehead atoms. The lowest BCUT2D eigenvalue weighted by molar-refractivity contribution is -0.385. The highest BCUT2D eigenvalue weighted by atomic mass is 16.6. The summed E-state index contributed by atoms with van der Waals surface area (Å²) in [4.78, 5) is 21.3. The van der Waals surface area contributed by atoms with E-state index in [1.165, 1.54) is 6.07 Å². The molecule has 0 unspecified atom stereocenters. The molecule has 0 spiro atoms. The fraction of sp³-hybridized carbons (Fsp3) is 0.364. The molecule has 0 radical (unpaired) electrons. The standard InChI is InChI=1S/C11H15N3O3/c1-12-11(15)6-7-13-8-9-4-2-3-5-10(9)14(16)17/h2-5,13H,6-8H2,1H3,(H,12,15). The van der Waals surface area contributed by atoms with Gasteiger partial charge in [0.2, 0.25) is 5.91 Å². The van der Waals surface area contributed by atoms with Crippen molar-refractivity contribution >= 4 is 11.6 Å². The van der Waals surface area contributed by atoms with Gasteiger partial charge >= 0.3 is 0 Å². The van der Waals surface area contributed by atoms with E-state index in [0.717, 1.165) is 0 Å². The molecule has 1 aromatic rings. The smallest absolute Gasteiger partial charge is 0.273 e. The number of carbonyl (C=O) groups is 1. The average molecular weight is 237 g/mol. The van der Waals surface area contributed by atoms with Gasteiger partial charge in [0, 0.05) is 38.2 Å². The Balaban J connectivity index is 2.46. The number of benzene rings is 1. The highest BCUT2D eigenvalue weighted by Crippen LogP contribution is 2.16. The summed E-state index contributed by atoms with van der Waals surface area (Å²) in [5.74, 6) is -0.0555. The molecular formula is C11H15N3O3. The van der Waals surface area contributed by atoms with Gasteiger partial charge in [-0.2, -0.15) is 0 Å². The quantitative estimate of drug-likeness (QED) is 0.436. The van der Waals surface area contributed by atoms with Crippen LogP contribution >= 0.6 is 0 Å². The Bertz CT molecular complexity index is 407. The third-order valence-corrected chi connectivity index (χ3v) is 2.31. The molecule has 1 rings (SSSR count). The van der Waals surface area contributed by atoms with Crippen LogP contribution < -0.4 is 10.6 Å². The molecule has 2 N–H and O–H groups in total. The molecule has 1 aromatic carbocycles. The van der Waals surface area contributed by atoms with Gasteiger partial charge in [-0.05, 0) is 0 Å². The summed E-state index contributed by atoms with van der Waals surface area (Å²) in [5, 5.41) is 16.2. The maximum absolute atomic E-state index is 10.9. The Hall–Kier alpha value is -1.95. The van der Waals surface area contributed by atoms with E-state index in [1.54, 1.807) is 25.2 Å². The molecule has 92 valence electrons. The first-order valence-corrected chi connectivity index (χ1v) is 5.28. The Morgan fingerprint density at radius 2 is 2.12 bits per heavy atom. The highest BCUT2D eigenvalue weighted by Gasteiger charge is 2.11. The number of hydrogen-bond acceptors (Lipinski definition) is 4. The minimum atomic E-state index is -0.407. The number of rotatable bonds is 6. The van der Waals surface area contributed by atoms with E-state index in [1.807, 2.05) is 0 Å². The van der Waals surface area contributed by atoms with E-state index in [2.05, 4.69) is 10.6 Å². The topological polar surface area (TPSA) is 84.3 Å². The van der Waals surface area contributed by atoms with Crippen molar-refractivity contribution < 1.29 is 9.72 Å². The monoisotopic (exact) mass is 237 g/mol. The van der Waals surface area contributed by atoms with Crippen molar-refractivity contribution in [1.29, 1.82) is 0 Å². The van der Waals surface area contributed by atoms with Crippen molar-refractivity contribution in [2.24, 2.45) is 0 Å². The summed E-state index contributed by atoms with van der Waals surface area (Å²) in [6.07, 6.45) is 0.358. The van der Waals surface area contributed by atoms with Gasteiger partial charge in [-0.1, -0.05) is 18.2 Å². The van der Waals surface area contributed by atoms with Crippen LogP contribution in [0.4, 0.5) is 5.69 Å². The second-order valence-corrected chi connectivity index (χ2v) is 3.49. The third kappa shape index (κ3) is 4.20. The average Bonchev–Trinajstić information content (AvgIpc) is 2.34. The molecule has 6 nitrogen and oxygen atoms in total. The van der Waals surface area contributed by atoms with Crippen LogP contribution in [0.2, 0.25) is 0 Å². The van der Waals surface area contributed by atoms with E-state index in [0.29, 0.717) is 25.1 Å². The summed E-state index contributed by atoms with van der Waals surface area (Å²) >= 11 is 0. The molecule has 0 aliphatic carbocycles. The van der Waals surface area contributed by atoms with Crippen LogP contribution in [0.3, 0.4) is 0 Å². The first kappa shape index (κ1) is 13.1. The summed E-state index contributed by atoms with van der Waals surface area (Å²) in [7, 11) is 1.57. The summed E-state index contributed by atoms with van der Waals surface area (Å²) < 4.78 is 0. The van der Waals surface area contributed by atoms with E-state index in [-0.39, 0.29) is 11.6 Å². The molecule has 0 atom stereocenters. The lowest BCUT2D eigenvalue weighted by atomic mass is 10.2. The molecule has 0 fully saturated rings. The zero-order chi connectivity index (χ0) is 12.7. The number of nitrogens with zero attached hydrogens (tertiary/aromatic N) is 1. The van der Waals surface area contributed by atoms with Crippen LogP contribution in [0.5, 0.6) is 0 Å². The lowest BCUT2D eigenvalue weighted by Crippen LogP contribution is -2.24. The molecule has 0 saturated heterocycles. The molecular weight excluding hydrogens is 222 g/mol. The molecule has 1 amide bonds. The van der Waals surface area contributed by atoms with Gasteiger partial charge in [-0.25, -0.2) is 0 Å². The Labute approximate surface area is 99.2 Å². The van der Waals surface area contributed by atoms with Crippen molar-refractivity contribution in [2.75, 3.05) is 13.6 Å². The highest BCUT2D eigenvalue weighted by molar-refractivity contribution is 5.75. The van der Waals surface area contributed by atoms with Gasteiger partial charge in [-0.3, -0.25) is 14.9 Å². The Morgan fingerprint density at radius 3 is 2.76 bits per heavy atom. The van der Waals surface area contributed by atoms with Crippen molar-refractivity contribution in [1.82, 2.24) is 10.6 Å². The molecule has 0 aliphatic heterocycles. The van der Waals surface area contributed by atoms with Gasteiger partial charge in [0.05, 0.1) is 4.92 Å². The molecule has 6 heteroatoms. The third-order valence-electron chi connectivity index (χ3n) is 2.31. The number of amides is 1. The van der Waals surface area contributed by atoms with E-state index in [4.69, 9.17) is 0 Å². The van der Waals surface area contributed by atoms with Gasteiger partial charge in [0.1, 0.15) is 0 Å². The second-order valence-electron chi connectivity index (χ2n) is 3.49. The predicted molar refractivity (Wildman–Crippen MR) is 63.5 cm³/mol. The zero-order valence-corrected chi connectivity index (χ0v) is 9.60. The van der Waals surface area contributed by atoms with Gasteiger partial charge in [-0.15, -0.1) is 0 Å². The number of carbonyl (C=O) groups excluding carboxylic acids is 1. The van der Waals surface area contributed by atoms with Crippen molar-refractivity contribution in [2.45, 2.75) is 13.0 Å². The molecule has 0 aromatic heterocycles. The minimum Gasteiger partial charge on any atom is -0.359 e. The maximum Gasteiger partial charge on any atom is 0.273 e. The van der Waals surface area contributed by atoms with Crippen LogP contribution in [0, 0.1) is 10.1 Å². The molecule has 0 aliphatic rings. The summed E-state index contributed by atoms with van der Waals surface area (Å²) in [6, 6.07) is 6.55. The Kier molecular flexibility index (Phi) is 5.09. The van der Waals surface area contributed by atoms with Crippen LogP contribution in [0.1, 0.15) is 12.0 Å². The molecule has 17 heavy (non-hydrogen) atoms. The fourth-order valence-electron chi connectivity index (χ4n) is 1.39. The first-order chi connectivity index (χ1) is 8.15.